The third kappa shape index (κ3) is 1.81. The van der Waals surface area contributed by atoms with Crippen molar-refractivity contribution < 1.29 is 14.4 Å². The lowest BCUT2D eigenvalue weighted by Crippen LogP contribution is -2.27. The van der Waals surface area contributed by atoms with Crippen LogP contribution >= 0.6 is 11.6 Å². The summed E-state index contributed by atoms with van der Waals surface area (Å²) in [4.78, 5) is 36.9. The Balaban J connectivity index is 2.06. The number of hydrogen-bond donors (Lipinski definition) is 1. The molecule has 3 amide bonds. The minimum absolute atomic E-state index is 0.0637. The second kappa shape index (κ2) is 4.35. The fourth-order valence-corrected chi connectivity index (χ4v) is 2.75. The number of anilines is 1. The van der Waals surface area contributed by atoms with Crippen LogP contribution in [0.5, 0.6) is 0 Å². The number of fused-ring (bicyclic) bond motifs is 1. The number of nitrogens with zero attached hydrogens (tertiary/aromatic N) is 1. The molecule has 1 saturated heterocycles. The summed E-state index contributed by atoms with van der Waals surface area (Å²) in [7, 11) is 0. The van der Waals surface area contributed by atoms with Crippen LogP contribution in [-0.4, -0.2) is 30.1 Å². The van der Waals surface area contributed by atoms with Crippen LogP contribution in [-0.2, 0) is 4.79 Å². The van der Waals surface area contributed by atoms with E-state index in [0.29, 0.717) is 30.1 Å². The van der Waals surface area contributed by atoms with E-state index in [1.54, 1.807) is 23.1 Å². The maximum atomic E-state index is 12.0. The highest BCUT2D eigenvalue weighted by atomic mass is 35.5. The van der Waals surface area contributed by atoms with E-state index in [0.717, 1.165) is 0 Å². The van der Waals surface area contributed by atoms with Gasteiger partial charge in [0.15, 0.2) is 0 Å². The van der Waals surface area contributed by atoms with E-state index < -0.39 is 11.8 Å². The Morgan fingerprint density at radius 3 is 2.74 bits per heavy atom. The molecular formula is C13H11ClN2O3. The highest BCUT2D eigenvalue weighted by Gasteiger charge is 2.36. The number of benzene rings is 1. The zero-order valence-electron chi connectivity index (χ0n) is 9.98. The monoisotopic (exact) mass is 278 g/mol. The Morgan fingerprint density at radius 2 is 2.05 bits per heavy atom. The fraction of sp³-hybridized carbons (Fsp3) is 0.308. The van der Waals surface area contributed by atoms with E-state index in [1.165, 1.54) is 0 Å². The molecule has 1 unspecified atom stereocenters. The molecule has 98 valence electrons. The molecule has 5 nitrogen and oxygen atoms in total. The SMILES string of the molecule is O=C1NC(=O)c2c1cccc2N1CC(CCl)CC1=O. The van der Waals surface area contributed by atoms with Gasteiger partial charge in [0.1, 0.15) is 0 Å². The minimum Gasteiger partial charge on any atom is -0.311 e. The third-order valence-electron chi connectivity index (χ3n) is 3.46. The summed E-state index contributed by atoms with van der Waals surface area (Å²) < 4.78 is 0. The molecule has 19 heavy (non-hydrogen) atoms. The topological polar surface area (TPSA) is 66.5 Å². The molecule has 2 aliphatic heterocycles. The van der Waals surface area contributed by atoms with Crippen LogP contribution in [0.1, 0.15) is 27.1 Å². The predicted octanol–water partition coefficient (Wildman–Crippen LogP) is 1.16. The number of carbonyl (C=O) groups excluding carboxylic acids is 3. The van der Waals surface area contributed by atoms with Crippen LogP contribution < -0.4 is 10.2 Å². The number of hydrogen-bond acceptors (Lipinski definition) is 3. The van der Waals surface area contributed by atoms with Crippen molar-refractivity contribution >= 4 is 35.0 Å². The first-order valence-corrected chi connectivity index (χ1v) is 6.50. The molecule has 2 heterocycles. The first-order chi connectivity index (χ1) is 9.11. The molecule has 0 saturated carbocycles. The minimum atomic E-state index is -0.447. The predicted molar refractivity (Wildman–Crippen MR) is 69.4 cm³/mol. The van der Waals surface area contributed by atoms with Gasteiger partial charge >= 0.3 is 0 Å². The molecule has 1 aromatic carbocycles. The van der Waals surface area contributed by atoms with Gasteiger partial charge in [0.2, 0.25) is 5.91 Å². The Kier molecular flexibility index (Phi) is 2.78. The molecule has 1 fully saturated rings. The smallest absolute Gasteiger partial charge is 0.261 e. The highest BCUT2D eigenvalue weighted by Crippen LogP contribution is 2.32. The maximum Gasteiger partial charge on any atom is 0.261 e. The first kappa shape index (κ1) is 12.2. The molecule has 0 radical (unpaired) electrons. The third-order valence-corrected chi connectivity index (χ3v) is 3.89. The summed E-state index contributed by atoms with van der Waals surface area (Å²) in [5.41, 5.74) is 1.11. The lowest BCUT2D eigenvalue weighted by molar-refractivity contribution is -0.117. The van der Waals surface area contributed by atoms with Crippen molar-refractivity contribution in [3.05, 3.63) is 29.3 Å². The van der Waals surface area contributed by atoms with Gasteiger partial charge < -0.3 is 4.90 Å². The van der Waals surface area contributed by atoms with E-state index in [1.807, 2.05) is 0 Å². The van der Waals surface area contributed by atoms with Crippen molar-refractivity contribution in [1.82, 2.24) is 5.32 Å². The van der Waals surface area contributed by atoms with Crippen molar-refractivity contribution in [2.75, 3.05) is 17.3 Å². The van der Waals surface area contributed by atoms with Crippen molar-refractivity contribution in [2.24, 2.45) is 5.92 Å². The average Bonchev–Trinajstić information content (AvgIpc) is 2.91. The molecule has 0 spiro atoms. The number of amides is 3. The van der Waals surface area contributed by atoms with Crippen LogP contribution in [0.2, 0.25) is 0 Å². The standard InChI is InChI=1S/C13H11ClN2O3/c14-5-7-4-10(17)16(6-7)9-3-1-2-8-11(9)13(19)15-12(8)18/h1-3,7H,4-6H2,(H,15,18,19). The Bertz CT molecular complexity index is 600. The van der Waals surface area contributed by atoms with Gasteiger partial charge in [-0.15, -0.1) is 11.6 Å². The van der Waals surface area contributed by atoms with Gasteiger partial charge in [-0.3, -0.25) is 19.7 Å². The van der Waals surface area contributed by atoms with Crippen LogP contribution in [0.25, 0.3) is 0 Å². The van der Waals surface area contributed by atoms with Crippen LogP contribution in [0.4, 0.5) is 5.69 Å². The largest absolute Gasteiger partial charge is 0.311 e. The second-order valence-corrected chi connectivity index (χ2v) is 5.02. The van der Waals surface area contributed by atoms with E-state index in [-0.39, 0.29) is 17.4 Å². The Hall–Kier alpha value is -1.88. The number of rotatable bonds is 2. The fourth-order valence-electron chi connectivity index (χ4n) is 2.54. The van der Waals surface area contributed by atoms with E-state index in [4.69, 9.17) is 11.6 Å². The second-order valence-electron chi connectivity index (χ2n) is 4.71. The molecule has 6 heteroatoms. The first-order valence-electron chi connectivity index (χ1n) is 5.97. The van der Waals surface area contributed by atoms with Gasteiger partial charge in [-0.1, -0.05) is 6.07 Å². The molecule has 1 atom stereocenters. The maximum absolute atomic E-state index is 12.0. The molecular weight excluding hydrogens is 268 g/mol. The molecule has 1 N–H and O–H groups in total. The number of imide groups is 1. The highest BCUT2D eigenvalue weighted by molar-refractivity contribution is 6.25. The number of carbonyl (C=O) groups is 3. The number of halogens is 1. The van der Waals surface area contributed by atoms with Gasteiger partial charge in [0, 0.05) is 18.8 Å². The summed E-state index contributed by atoms with van der Waals surface area (Å²) in [6.07, 6.45) is 0.378. The van der Waals surface area contributed by atoms with Crippen LogP contribution in [0.3, 0.4) is 0 Å². The molecule has 0 bridgehead atoms. The summed E-state index contributed by atoms with van der Waals surface area (Å²) in [6, 6.07) is 4.94. The summed E-state index contributed by atoms with van der Waals surface area (Å²) in [6.45, 7) is 0.486. The van der Waals surface area contributed by atoms with Crippen molar-refractivity contribution in [3.63, 3.8) is 0 Å². The van der Waals surface area contributed by atoms with Gasteiger partial charge in [0.05, 0.1) is 16.8 Å². The van der Waals surface area contributed by atoms with Gasteiger partial charge in [-0.05, 0) is 18.1 Å². The van der Waals surface area contributed by atoms with Crippen molar-refractivity contribution in [1.29, 1.82) is 0 Å². The van der Waals surface area contributed by atoms with Gasteiger partial charge in [-0.25, -0.2) is 0 Å². The van der Waals surface area contributed by atoms with E-state index in [2.05, 4.69) is 5.32 Å². The van der Waals surface area contributed by atoms with Crippen LogP contribution in [0, 0.1) is 5.92 Å². The molecule has 3 rings (SSSR count). The van der Waals surface area contributed by atoms with Gasteiger partial charge in [-0.2, -0.15) is 0 Å². The van der Waals surface area contributed by atoms with Crippen molar-refractivity contribution in [2.45, 2.75) is 6.42 Å². The van der Waals surface area contributed by atoms with Crippen molar-refractivity contribution in [3.8, 4) is 0 Å². The zero-order chi connectivity index (χ0) is 13.6. The normalized spacial score (nSPS) is 21.8. The summed E-state index contributed by atoms with van der Waals surface area (Å²) >= 11 is 5.78. The Morgan fingerprint density at radius 1 is 1.26 bits per heavy atom. The number of alkyl halides is 1. The van der Waals surface area contributed by atoms with E-state index >= 15 is 0 Å². The Labute approximate surface area is 114 Å². The molecule has 1 aromatic rings. The van der Waals surface area contributed by atoms with E-state index in [9.17, 15) is 14.4 Å². The summed E-state index contributed by atoms with van der Waals surface area (Å²) in [5.74, 6) is -0.431. The molecule has 0 aliphatic carbocycles. The average molecular weight is 279 g/mol. The van der Waals surface area contributed by atoms with Gasteiger partial charge in [0.25, 0.3) is 11.8 Å². The zero-order valence-corrected chi connectivity index (χ0v) is 10.7. The lowest BCUT2D eigenvalue weighted by Gasteiger charge is -2.18. The number of nitrogens with one attached hydrogen (secondary N) is 1. The van der Waals surface area contributed by atoms with Crippen LogP contribution in [0.15, 0.2) is 18.2 Å². The lowest BCUT2D eigenvalue weighted by atomic mass is 10.1. The summed E-state index contributed by atoms with van der Waals surface area (Å²) in [5, 5.41) is 2.24. The quantitative estimate of drug-likeness (QED) is 0.652. The molecule has 2 aliphatic rings. The molecule has 0 aromatic heterocycles.